The molecule has 5 aliphatic rings. The Bertz CT molecular complexity index is 1610. The lowest BCUT2D eigenvalue weighted by molar-refractivity contribution is -0.137. The Balaban J connectivity index is 1.48. The van der Waals surface area contributed by atoms with Crippen molar-refractivity contribution < 1.29 is 31.8 Å². The number of benzene rings is 1. The Morgan fingerprint density at radius 1 is 1.21 bits per heavy atom. The number of nitrogen functional groups attached to an aromatic ring is 1. The molecule has 9 nitrogen and oxygen atoms in total. The number of fused-ring (bicyclic) bond motifs is 3. The van der Waals surface area contributed by atoms with Gasteiger partial charge in [-0.05, 0) is 51.3 Å². The number of hydrogen-bond donors (Lipinski definition) is 2. The van der Waals surface area contributed by atoms with E-state index in [2.05, 4.69) is 20.2 Å². The van der Waals surface area contributed by atoms with E-state index in [9.17, 15) is 13.2 Å². The van der Waals surface area contributed by atoms with Crippen LogP contribution in [0.2, 0.25) is 5.02 Å². The van der Waals surface area contributed by atoms with Crippen molar-refractivity contribution in [1.82, 2.24) is 20.3 Å². The molecule has 0 amide bonds. The zero-order chi connectivity index (χ0) is 30.3. The summed E-state index contributed by atoms with van der Waals surface area (Å²) < 4.78 is 78.1. The van der Waals surface area contributed by atoms with Crippen LogP contribution in [-0.4, -0.2) is 66.6 Å². The predicted octanol–water partition coefficient (Wildman–Crippen LogP) is 5.29. The van der Waals surface area contributed by atoms with Crippen LogP contribution in [-0.2, 0) is 10.9 Å². The van der Waals surface area contributed by atoms with Gasteiger partial charge in [0.1, 0.15) is 23.3 Å². The first kappa shape index (κ1) is 28.6. The summed E-state index contributed by atoms with van der Waals surface area (Å²) in [6, 6.07) is 1.06. The van der Waals surface area contributed by atoms with Crippen molar-refractivity contribution in [3.05, 3.63) is 28.0 Å². The van der Waals surface area contributed by atoms with Crippen molar-refractivity contribution in [2.24, 2.45) is 5.41 Å². The minimum absolute atomic E-state index is 0.0223. The van der Waals surface area contributed by atoms with E-state index in [-0.39, 0.29) is 69.3 Å². The Hall–Kier alpha value is -3.16. The molecule has 4 fully saturated rings. The summed E-state index contributed by atoms with van der Waals surface area (Å²) in [5.41, 5.74) is 2.82. The molecule has 14 heteroatoms. The van der Waals surface area contributed by atoms with Gasteiger partial charge in [0.05, 0.1) is 46.5 Å². The molecule has 43 heavy (non-hydrogen) atoms. The quantitative estimate of drug-likeness (QED) is 0.340. The molecule has 2 atom stereocenters. The first-order chi connectivity index (χ1) is 20.5. The molecule has 5 heterocycles. The third kappa shape index (κ3) is 4.71. The average molecular weight is 623 g/mol. The van der Waals surface area contributed by atoms with E-state index in [4.69, 9.17) is 36.5 Å². The van der Waals surface area contributed by atoms with Gasteiger partial charge in [-0.15, -0.1) is 0 Å². The zero-order valence-corrected chi connectivity index (χ0v) is 24.4. The molecule has 2 saturated heterocycles. The predicted molar refractivity (Wildman–Crippen MR) is 152 cm³/mol. The summed E-state index contributed by atoms with van der Waals surface area (Å²) in [4.78, 5) is 15.2. The van der Waals surface area contributed by atoms with E-state index in [1.807, 2.05) is 7.05 Å². The zero-order valence-electron chi connectivity index (χ0n) is 23.7. The smallest absolute Gasteiger partial charge is 0.418 e. The third-order valence-electron chi connectivity index (χ3n) is 9.11. The number of alkyl halides is 3. The number of aromatic nitrogens is 3. The summed E-state index contributed by atoms with van der Waals surface area (Å²) in [5, 5.41) is 3.00. The number of pyridine rings is 1. The molecule has 230 valence electrons. The standard InChI is InChI=1S/C29H31ClF4N6O3/c1-13-7-17(35)37-23(20(13)29(32,33)34)18-21(30)25-19-24(22(18)31)38-27(42-12-28-9-16(10-28)41-11-28)39-26(19)40(6-5-36-2)14-3-4-15(8-14)43-25/h7,14-16,36H,3-6,8-12H2,1-2H3,(H2,35,37). The van der Waals surface area contributed by atoms with E-state index < -0.39 is 28.8 Å². The van der Waals surface area contributed by atoms with Gasteiger partial charge in [-0.3, -0.25) is 0 Å². The molecule has 2 aromatic heterocycles. The number of anilines is 2. The van der Waals surface area contributed by atoms with Gasteiger partial charge in [0.15, 0.2) is 11.6 Å². The van der Waals surface area contributed by atoms with Gasteiger partial charge in [0.2, 0.25) is 0 Å². The SMILES string of the molecule is CNCCN1c2nc(OCC34COC(C3)C4)nc3c(F)c(-c4nc(N)cc(C)c4C(F)(F)F)c(Cl)c(c23)OC2CCC1C2. The summed E-state index contributed by atoms with van der Waals surface area (Å²) in [6.07, 6.45) is -1.10. The summed E-state index contributed by atoms with van der Waals surface area (Å²) in [5.74, 6) is -0.909. The lowest BCUT2D eigenvalue weighted by Crippen LogP contribution is -2.40. The molecule has 2 unspecified atom stereocenters. The Morgan fingerprint density at radius 3 is 2.70 bits per heavy atom. The highest BCUT2D eigenvalue weighted by Crippen LogP contribution is 2.53. The van der Waals surface area contributed by atoms with Crippen LogP contribution in [0.15, 0.2) is 6.07 Å². The number of likely N-dealkylation sites (N-methyl/N-ethyl adjacent to an activating group) is 1. The van der Waals surface area contributed by atoms with Gasteiger partial charge in [0.25, 0.3) is 0 Å². The second-order valence-electron chi connectivity index (χ2n) is 12.1. The number of nitrogens with two attached hydrogens (primary N) is 1. The van der Waals surface area contributed by atoms with Crippen LogP contribution in [0.4, 0.5) is 29.2 Å². The van der Waals surface area contributed by atoms with Crippen molar-refractivity contribution in [2.45, 2.75) is 63.5 Å². The van der Waals surface area contributed by atoms with Gasteiger partial charge >= 0.3 is 12.2 Å². The number of nitrogens with one attached hydrogen (secondary N) is 1. The number of ether oxygens (including phenoxy) is 3. The highest BCUT2D eigenvalue weighted by molar-refractivity contribution is 6.36. The lowest BCUT2D eigenvalue weighted by Gasteiger charge is -2.35. The van der Waals surface area contributed by atoms with Gasteiger partial charge in [-0.25, -0.2) is 9.37 Å². The molecule has 2 aliphatic carbocycles. The molecule has 4 bridgehead atoms. The van der Waals surface area contributed by atoms with Gasteiger partial charge in [-0.2, -0.15) is 23.1 Å². The Morgan fingerprint density at radius 2 is 2.00 bits per heavy atom. The molecule has 0 spiro atoms. The minimum Gasteiger partial charge on any atom is -0.488 e. The average Bonchev–Trinajstić information content (AvgIpc) is 3.65. The maximum absolute atomic E-state index is 16.8. The topological polar surface area (TPSA) is 108 Å². The Kier molecular flexibility index (Phi) is 6.78. The van der Waals surface area contributed by atoms with Crippen LogP contribution >= 0.6 is 11.6 Å². The summed E-state index contributed by atoms with van der Waals surface area (Å²) in [7, 11) is 1.83. The number of rotatable bonds is 7. The Labute approximate surface area is 250 Å². The fourth-order valence-electron chi connectivity index (χ4n) is 7.04. The van der Waals surface area contributed by atoms with Crippen molar-refractivity contribution in [1.29, 1.82) is 0 Å². The van der Waals surface area contributed by atoms with Crippen molar-refractivity contribution >= 4 is 34.1 Å². The second-order valence-corrected chi connectivity index (χ2v) is 12.5. The number of nitrogens with zero attached hydrogens (tertiary/aromatic N) is 4. The molecule has 3 aliphatic heterocycles. The van der Waals surface area contributed by atoms with Crippen LogP contribution in [0.25, 0.3) is 22.2 Å². The number of halogens is 5. The van der Waals surface area contributed by atoms with E-state index >= 15 is 4.39 Å². The van der Waals surface area contributed by atoms with Gasteiger partial charge in [0, 0.05) is 31.0 Å². The van der Waals surface area contributed by atoms with Crippen LogP contribution in [0.5, 0.6) is 11.8 Å². The first-order valence-electron chi connectivity index (χ1n) is 14.4. The van der Waals surface area contributed by atoms with Gasteiger partial charge in [-0.1, -0.05) is 11.6 Å². The monoisotopic (exact) mass is 622 g/mol. The molecule has 3 N–H and O–H groups in total. The normalized spacial score (nSPS) is 25.8. The number of hydrogen-bond acceptors (Lipinski definition) is 9. The van der Waals surface area contributed by atoms with Crippen LogP contribution < -0.4 is 25.4 Å². The van der Waals surface area contributed by atoms with Crippen molar-refractivity contribution in [2.75, 3.05) is 44.0 Å². The summed E-state index contributed by atoms with van der Waals surface area (Å²) in [6.45, 7) is 3.22. The largest absolute Gasteiger partial charge is 0.488 e. The minimum atomic E-state index is -4.87. The van der Waals surface area contributed by atoms with Crippen LogP contribution in [0, 0.1) is 18.2 Å². The first-order valence-corrected chi connectivity index (χ1v) is 14.8. The molecule has 2 saturated carbocycles. The molecule has 8 rings (SSSR count). The van der Waals surface area contributed by atoms with Gasteiger partial charge < -0.3 is 30.2 Å². The molecular weight excluding hydrogens is 592 g/mol. The highest BCUT2D eigenvalue weighted by atomic mass is 35.5. The van der Waals surface area contributed by atoms with E-state index in [0.29, 0.717) is 38.4 Å². The maximum atomic E-state index is 16.8. The molecular formula is C29H31ClF4N6O3. The van der Waals surface area contributed by atoms with Crippen LogP contribution in [0.1, 0.15) is 43.2 Å². The highest BCUT2D eigenvalue weighted by Gasteiger charge is 2.52. The van der Waals surface area contributed by atoms with E-state index in [1.165, 1.54) is 6.92 Å². The second kappa shape index (κ2) is 10.2. The fraction of sp³-hybridized carbons (Fsp3) is 0.552. The van der Waals surface area contributed by atoms with Crippen molar-refractivity contribution in [3.8, 4) is 23.0 Å². The van der Waals surface area contributed by atoms with E-state index in [1.54, 1.807) is 0 Å². The van der Waals surface area contributed by atoms with E-state index in [0.717, 1.165) is 25.3 Å². The molecule has 0 radical (unpaired) electrons. The van der Waals surface area contributed by atoms with Crippen LogP contribution in [0.3, 0.4) is 0 Å². The number of aryl methyl sites for hydroxylation is 1. The molecule has 3 aromatic rings. The summed E-state index contributed by atoms with van der Waals surface area (Å²) >= 11 is 6.84. The lowest BCUT2D eigenvalue weighted by atomic mass is 9.71. The molecule has 1 aromatic carbocycles. The fourth-order valence-corrected chi connectivity index (χ4v) is 7.36. The maximum Gasteiger partial charge on any atom is 0.418 e. The third-order valence-corrected chi connectivity index (χ3v) is 9.47. The van der Waals surface area contributed by atoms with Crippen molar-refractivity contribution in [3.63, 3.8) is 0 Å².